The lowest BCUT2D eigenvalue weighted by Crippen LogP contribution is -2.20. The van der Waals surface area contributed by atoms with Crippen molar-refractivity contribution in [2.45, 2.75) is 13.8 Å². The molecule has 3 rings (SSSR count). The Bertz CT molecular complexity index is 954. The summed E-state index contributed by atoms with van der Waals surface area (Å²) < 4.78 is 12.1. The summed E-state index contributed by atoms with van der Waals surface area (Å²) in [6, 6.07) is 6.99. The number of carbonyl (C=O) groups is 1. The summed E-state index contributed by atoms with van der Waals surface area (Å²) in [4.78, 5) is 29.0. The third kappa shape index (κ3) is 2.76. The van der Waals surface area contributed by atoms with E-state index in [0.717, 1.165) is 5.75 Å². The lowest BCUT2D eigenvalue weighted by atomic mass is 10.1. The minimum atomic E-state index is -0.416. The number of carbonyl (C=O) groups excluding carboxylic acids is 1. The van der Waals surface area contributed by atoms with E-state index in [1.165, 1.54) is 10.9 Å². The first-order chi connectivity index (χ1) is 11.5. The molecule has 0 fully saturated rings. The van der Waals surface area contributed by atoms with Crippen molar-refractivity contribution in [1.82, 2.24) is 9.55 Å². The molecule has 0 unspecified atom stereocenters. The monoisotopic (exact) mass is 327 g/mol. The molecule has 0 spiro atoms. The van der Waals surface area contributed by atoms with Gasteiger partial charge in [-0.3, -0.25) is 9.59 Å². The summed E-state index contributed by atoms with van der Waals surface area (Å²) in [5, 5.41) is 2.94. The summed E-state index contributed by atoms with van der Waals surface area (Å²) in [5.74, 6) is 0.656. The van der Waals surface area contributed by atoms with Crippen molar-refractivity contribution in [3.63, 3.8) is 0 Å². The van der Waals surface area contributed by atoms with Crippen LogP contribution in [0.15, 0.2) is 39.8 Å². The minimum Gasteiger partial charge on any atom is -0.494 e. The second-order valence-corrected chi connectivity index (χ2v) is 5.29. The maximum absolute atomic E-state index is 12.6. The van der Waals surface area contributed by atoms with Gasteiger partial charge in [0.15, 0.2) is 0 Å². The number of benzene rings is 1. The fraction of sp³-hybridized carbons (Fsp3) is 0.235. The average molecular weight is 327 g/mol. The van der Waals surface area contributed by atoms with Crippen LogP contribution in [-0.2, 0) is 7.05 Å². The summed E-state index contributed by atoms with van der Waals surface area (Å²) in [7, 11) is 1.57. The lowest BCUT2D eigenvalue weighted by Gasteiger charge is -2.07. The molecule has 1 aromatic carbocycles. The molecule has 0 saturated heterocycles. The van der Waals surface area contributed by atoms with Gasteiger partial charge in [0.1, 0.15) is 23.2 Å². The number of fused-ring (bicyclic) bond motifs is 1. The van der Waals surface area contributed by atoms with Gasteiger partial charge in [0.2, 0.25) is 5.71 Å². The first kappa shape index (κ1) is 15.8. The van der Waals surface area contributed by atoms with Gasteiger partial charge in [-0.15, -0.1) is 0 Å². The van der Waals surface area contributed by atoms with E-state index in [-0.39, 0.29) is 22.2 Å². The van der Waals surface area contributed by atoms with Crippen LogP contribution in [0.5, 0.6) is 5.75 Å². The number of nitrogens with one attached hydrogen (secondary N) is 1. The molecule has 2 heterocycles. The standard InChI is InChI=1S/C17H17N3O4/c1-4-23-12-7-5-11(6-8-12)19-15(21)13-10(2)24-16-14(13)17(22)20(3)9-18-16/h5-9H,4H2,1-3H3,(H,19,21). The average Bonchev–Trinajstić information content (AvgIpc) is 2.90. The van der Waals surface area contributed by atoms with Gasteiger partial charge in [-0.2, -0.15) is 0 Å². The third-order valence-corrected chi connectivity index (χ3v) is 3.60. The minimum absolute atomic E-state index is 0.160. The summed E-state index contributed by atoms with van der Waals surface area (Å²) in [5.41, 5.74) is 0.631. The Labute approximate surface area is 137 Å². The highest BCUT2D eigenvalue weighted by atomic mass is 16.5. The zero-order valence-corrected chi connectivity index (χ0v) is 13.6. The number of rotatable bonds is 4. The molecule has 7 nitrogen and oxygen atoms in total. The van der Waals surface area contributed by atoms with E-state index in [1.54, 1.807) is 38.2 Å². The number of aryl methyl sites for hydroxylation is 2. The van der Waals surface area contributed by atoms with Crippen molar-refractivity contribution in [1.29, 1.82) is 0 Å². The number of ether oxygens (including phenoxy) is 1. The predicted octanol–water partition coefficient (Wildman–Crippen LogP) is 2.49. The van der Waals surface area contributed by atoms with E-state index in [9.17, 15) is 9.59 Å². The normalized spacial score (nSPS) is 10.8. The van der Waals surface area contributed by atoms with Gasteiger partial charge in [0.05, 0.1) is 12.2 Å². The SMILES string of the molecule is CCOc1ccc(NC(=O)c2c(C)oc3ncn(C)c(=O)c23)cc1. The summed E-state index contributed by atoms with van der Waals surface area (Å²) in [6.45, 7) is 4.10. The molecule has 0 saturated carbocycles. The Hall–Kier alpha value is -3.09. The number of anilines is 1. The van der Waals surface area contributed by atoms with E-state index in [0.29, 0.717) is 18.1 Å². The van der Waals surface area contributed by atoms with Crippen molar-refractivity contribution in [2.75, 3.05) is 11.9 Å². The van der Waals surface area contributed by atoms with E-state index < -0.39 is 5.91 Å². The molecule has 1 amide bonds. The molecule has 3 aromatic rings. The van der Waals surface area contributed by atoms with E-state index in [1.807, 2.05) is 6.92 Å². The van der Waals surface area contributed by atoms with E-state index in [4.69, 9.17) is 9.15 Å². The number of hydrogen-bond acceptors (Lipinski definition) is 5. The second kappa shape index (κ2) is 6.19. The first-order valence-corrected chi connectivity index (χ1v) is 7.50. The number of furan rings is 1. The molecule has 0 atom stereocenters. The van der Waals surface area contributed by atoms with Crippen molar-refractivity contribution in [2.24, 2.45) is 7.05 Å². The topological polar surface area (TPSA) is 86.4 Å². The van der Waals surface area contributed by atoms with Gasteiger partial charge in [0.25, 0.3) is 11.5 Å². The van der Waals surface area contributed by atoms with E-state index in [2.05, 4.69) is 10.3 Å². The van der Waals surface area contributed by atoms with Gasteiger partial charge in [-0.1, -0.05) is 0 Å². The summed E-state index contributed by atoms with van der Waals surface area (Å²) in [6.07, 6.45) is 1.36. The molecule has 2 aromatic heterocycles. The zero-order valence-electron chi connectivity index (χ0n) is 13.6. The largest absolute Gasteiger partial charge is 0.494 e. The van der Waals surface area contributed by atoms with Crippen LogP contribution >= 0.6 is 0 Å². The molecular weight excluding hydrogens is 310 g/mol. The lowest BCUT2D eigenvalue weighted by molar-refractivity contribution is 0.102. The Morgan fingerprint density at radius 2 is 2.04 bits per heavy atom. The molecule has 24 heavy (non-hydrogen) atoms. The highest BCUT2D eigenvalue weighted by Crippen LogP contribution is 2.23. The molecule has 0 aliphatic heterocycles. The van der Waals surface area contributed by atoms with Crippen LogP contribution in [0.3, 0.4) is 0 Å². The van der Waals surface area contributed by atoms with Crippen molar-refractivity contribution in [3.05, 3.63) is 52.3 Å². The highest BCUT2D eigenvalue weighted by Gasteiger charge is 2.22. The van der Waals surface area contributed by atoms with Gasteiger partial charge < -0.3 is 19.0 Å². The Balaban J connectivity index is 1.95. The number of hydrogen-bond donors (Lipinski definition) is 1. The van der Waals surface area contributed by atoms with Crippen LogP contribution in [0.2, 0.25) is 0 Å². The molecule has 1 N–H and O–H groups in total. The van der Waals surface area contributed by atoms with Crippen molar-refractivity contribution < 1.29 is 13.9 Å². The number of nitrogens with zero attached hydrogens (tertiary/aromatic N) is 2. The zero-order chi connectivity index (χ0) is 17.3. The van der Waals surface area contributed by atoms with Gasteiger partial charge in [-0.25, -0.2) is 4.98 Å². The Kier molecular flexibility index (Phi) is 4.07. The van der Waals surface area contributed by atoms with Crippen molar-refractivity contribution >= 4 is 22.7 Å². The highest BCUT2D eigenvalue weighted by molar-refractivity contribution is 6.12. The van der Waals surface area contributed by atoms with E-state index >= 15 is 0 Å². The number of amides is 1. The molecule has 0 radical (unpaired) electrons. The molecule has 0 aliphatic rings. The maximum Gasteiger partial charge on any atom is 0.265 e. The van der Waals surface area contributed by atoms with Gasteiger partial charge >= 0.3 is 0 Å². The quantitative estimate of drug-likeness (QED) is 0.795. The maximum atomic E-state index is 12.6. The second-order valence-electron chi connectivity index (χ2n) is 5.29. The van der Waals surface area contributed by atoms with Crippen LogP contribution in [0.4, 0.5) is 5.69 Å². The van der Waals surface area contributed by atoms with Crippen LogP contribution in [0.25, 0.3) is 11.1 Å². The molecule has 0 aliphatic carbocycles. The van der Waals surface area contributed by atoms with Crippen LogP contribution in [0, 0.1) is 6.92 Å². The first-order valence-electron chi connectivity index (χ1n) is 7.50. The van der Waals surface area contributed by atoms with Crippen molar-refractivity contribution in [3.8, 4) is 5.75 Å². The smallest absolute Gasteiger partial charge is 0.265 e. The summed E-state index contributed by atoms with van der Waals surface area (Å²) >= 11 is 0. The molecular formula is C17H17N3O4. The van der Waals surface area contributed by atoms with Crippen LogP contribution in [-0.4, -0.2) is 22.1 Å². The Morgan fingerprint density at radius 3 is 2.71 bits per heavy atom. The fourth-order valence-electron chi connectivity index (χ4n) is 2.46. The molecule has 7 heteroatoms. The molecule has 0 bridgehead atoms. The van der Waals surface area contributed by atoms with Gasteiger partial charge in [-0.05, 0) is 38.1 Å². The predicted molar refractivity (Wildman–Crippen MR) is 89.6 cm³/mol. The molecule has 124 valence electrons. The van der Waals surface area contributed by atoms with Crippen LogP contribution in [0.1, 0.15) is 23.0 Å². The van der Waals surface area contributed by atoms with Crippen LogP contribution < -0.4 is 15.6 Å². The van der Waals surface area contributed by atoms with Gasteiger partial charge in [0, 0.05) is 12.7 Å². The number of aromatic nitrogens is 2. The third-order valence-electron chi connectivity index (χ3n) is 3.60. The Morgan fingerprint density at radius 1 is 1.33 bits per heavy atom. The fourth-order valence-corrected chi connectivity index (χ4v) is 2.46.